The third-order valence-electron chi connectivity index (χ3n) is 5.79. The summed E-state index contributed by atoms with van der Waals surface area (Å²) in [6.07, 6.45) is 0.114. The van der Waals surface area contributed by atoms with Crippen molar-refractivity contribution in [3.63, 3.8) is 0 Å². The van der Waals surface area contributed by atoms with E-state index in [1.54, 1.807) is 4.90 Å². The van der Waals surface area contributed by atoms with Gasteiger partial charge in [-0.3, -0.25) is 4.79 Å². The quantitative estimate of drug-likeness (QED) is 0.810. The van der Waals surface area contributed by atoms with E-state index in [1.807, 2.05) is 13.8 Å². The fourth-order valence-corrected chi connectivity index (χ4v) is 4.31. The Bertz CT molecular complexity index is 1070. The third kappa shape index (κ3) is 2.78. The number of hydrogen-bond donors (Lipinski definition) is 2. The molecule has 1 aliphatic heterocycles. The molecule has 3 atom stereocenters. The molecule has 0 spiro atoms. The summed E-state index contributed by atoms with van der Waals surface area (Å²) in [5.41, 5.74) is 4.75. The smallest absolute Gasteiger partial charge is 0.341 e. The Labute approximate surface area is 164 Å². The molecule has 3 N–H and O–H groups in total. The van der Waals surface area contributed by atoms with E-state index in [0.29, 0.717) is 13.1 Å². The number of carboxylic acids is 1. The molecule has 6 nitrogen and oxygen atoms in total. The highest BCUT2D eigenvalue weighted by atomic mass is 35.5. The summed E-state index contributed by atoms with van der Waals surface area (Å²) in [5.74, 6) is -2.19. The van der Waals surface area contributed by atoms with Gasteiger partial charge in [0.05, 0.1) is 27.7 Å². The van der Waals surface area contributed by atoms with Crippen LogP contribution in [0.5, 0.6) is 0 Å². The van der Waals surface area contributed by atoms with Crippen LogP contribution in [0.25, 0.3) is 10.9 Å². The van der Waals surface area contributed by atoms with Crippen molar-refractivity contribution in [1.29, 1.82) is 0 Å². The molecule has 9 heteroatoms. The highest BCUT2D eigenvalue weighted by molar-refractivity contribution is 6.38. The van der Waals surface area contributed by atoms with Crippen LogP contribution in [0.3, 0.4) is 0 Å². The Balaban J connectivity index is 1.99. The van der Waals surface area contributed by atoms with Gasteiger partial charge >= 0.3 is 5.97 Å². The first kappa shape index (κ1) is 19.1. The second kappa shape index (κ2) is 6.15. The van der Waals surface area contributed by atoms with Gasteiger partial charge < -0.3 is 20.3 Å². The van der Waals surface area contributed by atoms with Crippen LogP contribution in [0.2, 0.25) is 5.02 Å². The lowest BCUT2D eigenvalue weighted by molar-refractivity contribution is 0.0694. The average molecular weight is 412 g/mol. The van der Waals surface area contributed by atoms with E-state index in [1.165, 1.54) is 4.57 Å². The van der Waals surface area contributed by atoms with Gasteiger partial charge in [0.1, 0.15) is 17.6 Å². The molecule has 2 aliphatic rings. The molecule has 2 fully saturated rings. The van der Waals surface area contributed by atoms with Gasteiger partial charge in [0.25, 0.3) is 0 Å². The standard InChI is InChI=1S/C19H20ClF2N3O3/c1-19(2)7-24(6-13(19)23)16-11(22)3-8-15(14(16)20)25(12-4-10(12)21)5-9(17(8)26)18(27)28/h3,5,10,12-13H,4,6-7,23H2,1-2H3,(H,27,28)/t10-,12-,13?/m1/s1. The molecular weight excluding hydrogens is 392 g/mol. The summed E-state index contributed by atoms with van der Waals surface area (Å²) >= 11 is 6.54. The topological polar surface area (TPSA) is 88.6 Å². The zero-order chi connectivity index (χ0) is 20.5. The number of carboxylic acid groups (broad SMARTS) is 1. The number of nitrogens with two attached hydrogens (primary N) is 1. The van der Waals surface area contributed by atoms with Crippen molar-refractivity contribution in [2.45, 2.75) is 38.5 Å². The third-order valence-corrected chi connectivity index (χ3v) is 6.15. The number of carbonyl (C=O) groups is 1. The Morgan fingerprint density at radius 1 is 1.43 bits per heavy atom. The van der Waals surface area contributed by atoms with E-state index in [4.69, 9.17) is 17.3 Å². The Hall–Kier alpha value is -2.19. The maximum absolute atomic E-state index is 15.0. The Morgan fingerprint density at radius 3 is 2.57 bits per heavy atom. The molecule has 1 unspecified atom stereocenters. The zero-order valence-electron chi connectivity index (χ0n) is 15.4. The second-order valence-electron chi connectivity index (χ2n) is 8.30. The molecule has 0 radical (unpaired) electrons. The first-order chi connectivity index (χ1) is 13.0. The van der Waals surface area contributed by atoms with Crippen molar-refractivity contribution >= 4 is 34.2 Å². The predicted octanol–water partition coefficient (Wildman–Crippen LogP) is 2.95. The number of aromatic nitrogens is 1. The van der Waals surface area contributed by atoms with Crippen molar-refractivity contribution in [2.75, 3.05) is 18.0 Å². The maximum atomic E-state index is 15.0. The summed E-state index contributed by atoms with van der Waals surface area (Å²) in [7, 11) is 0. The number of alkyl halides is 1. The van der Waals surface area contributed by atoms with Crippen LogP contribution < -0.4 is 16.1 Å². The van der Waals surface area contributed by atoms with E-state index in [-0.39, 0.29) is 39.5 Å². The maximum Gasteiger partial charge on any atom is 0.341 e. The second-order valence-corrected chi connectivity index (χ2v) is 8.67. The summed E-state index contributed by atoms with van der Waals surface area (Å²) in [6.45, 7) is 4.78. The molecular formula is C19H20ClF2N3O3. The van der Waals surface area contributed by atoms with Crippen molar-refractivity contribution in [3.8, 4) is 0 Å². The molecule has 1 aromatic carbocycles. The van der Waals surface area contributed by atoms with E-state index in [9.17, 15) is 19.1 Å². The molecule has 1 saturated carbocycles. The van der Waals surface area contributed by atoms with E-state index < -0.39 is 35.0 Å². The predicted molar refractivity (Wildman–Crippen MR) is 103 cm³/mol. The molecule has 2 aromatic rings. The minimum absolute atomic E-state index is 0.0342. The van der Waals surface area contributed by atoms with Gasteiger partial charge in [-0.05, 0) is 11.5 Å². The summed E-state index contributed by atoms with van der Waals surface area (Å²) in [4.78, 5) is 25.8. The summed E-state index contributed by atoms with van der Waals surface area (Å²) in [5, 5.41) is 9.11. The number of hydrogen-bond acceptors (Lipinski definition) is 4. The van der Waals surface area contributed by atoms with Crippen LogP contribution in [0, 0.1) is 11.2 Å². The molecule has 2 heterocycles. The zero-order valence-corrected chi connectivity index (χ0v) is 16.1. The number of rotatable bonds is 3. The van der Waals surface area contributed by atoms with Gasteiger partial charge in [0.2, 0.25) is 5.43 Å². The monoisotopic (exact) mass is 411 g/mol. The van der Waals surface area contributed by atoms with Gasteiger partial charge in [-0.25, -0.2) is 13.6 Å². The van der Waals surface area contributed by atoms with Crippen LogP contribution in [-0.2, 0) is 0 Å². The van der Waals surface area contributed by atoms with E-state index in [0.717, 1.165) is 12.3 Å². The lowest BCUT2D eigenvalue weighted by Gasteiger charge is -2.25. The normalized spacial score (nSPS) is 26.1. The number of aromatic carboxylic acids is 1. The number of halogens is 3. The van der Waals surface area contributed by atoms with Crippen molar-refractivity contribution in [2.24, 2.45) is 11.1 Å². The highest BCUT2D eigenvalue weighted by Crippen LogP contribution is 2.45. The molecule has 150 valence electrons. The number of benzene rings is 1. The average Bonchev–Trinajstić information content (AvgIpc) is 3.24. The number of anilines is 1. The molecule has 1 aliphatic carbocycles. The van der Waals surface area contributed by atoms with Crippen LogP contribution >= 0.6 is 11.6 Å². The van der Waals surface area contributed by atoms with Crippen LogP contribution in [0.15, 0.2) is 17.1 Å². The summed E-state index contributed by atoms with van der Waals surface area (Å²) < 4.78 is 30.2. The van der Waals surface area contributed by atoms with Gasteiger partial charge in [-0.15, -0.1) is 0 Å². The highest BCUT2D eigenvalue weighted by Gasteiger charge is 2.42. The van der Waals surface area contributed by atoms with Crippen LogP contribution in [-0.4, -0.2) is 40.9 Å². The Morgan fingerprint density at radius 2 is 2.07 bits per heavy atom. The fourth-order valence-electron chi connectivity index (χ4n) is 3.90. The van der Waals surface area contributed by atoms with Crippen LogP contribution in [0.1, 0.15) is 36.7 Å². The molecule has 4 rings (SSSR count). The lowest BCUT2D eigenvalue weighted by atomic mass is 9.89. The molecule has 0 bridgehead atoms. The SMILES string of the molecule is CC1(C)CN(c2c(F)cc3c(=O)c(C(=O)O)cn([C@@H]4C[C@H]4F)c3c2Cl)CC1N. The van der Waals surface area contributed by atoms with Crippen molar-refractivity contribution < 1.29 is 18.7 Å². The number of nitrogens with zero attached hydrogens (tertiary/aromatic N) is 2. The Kier molecular flexibility index (Phi) is 4.21. The number of pyridine rings is 1. The van der Waals surface area contributed by atoms with E-state index >= 15 is 4.39 Å². The molecule has 0 amide bonds. The number of fused-ring (bicyclic) bond motifs is 1. The fraction of sp³-hybridized carbons (Fsp3) is 0.474. The van der Waals surface area contributed by atoms with Gasteiger partial charge in [-0.2, -0.15) is 0 Å². The lowest BCUT2D eigenvalue weighted by Crippen LogP contribution is -2.35. The first-order valence-corrected chi connectivity index (χ1v) is 9.35. The van der Waals surface area contributed by atoms with Crippen LogP contribution in [0.4, 0.5) is 14.5 Å². The molecule has 1 aromatic heterocycles. The largest absolute Gasteiger partial charge is 0.477 e. The minimum atomic E-state index is -1.45. The minimum Gasteiger partial charge on any atom is -0.477 e. The van der Waals surface area contributed by atoms with E-state index in [2.05, 4.69) is 0 Å². The molecule has 28 heavy (non-hydrogen) atoms. The van der Waals surface area contributed by atoms with Crippen molar-refractivity contribution in [1.82, 2.24) is 4.57 Å². The summed E-state index contributed by atoms with van der Waals surface area (Å²) in [6, 6.07) is 0.164. The van der Waals surface area contributed by atoms with Gasteiger partial charge in [0.15, 0.2) is 0 Å². The molecule has 1 saturated heterocycles. The first-order valence-electron chi connectivity index (χ1n) is 8.97. The van der Waals surface area contributed by atoms with Crippen molar-refractivity contribution in [3.05, 3.63) is 38.9 Å². The van der Waals surface area contributed by atoms with Gasteiger partial charge in [-0.1, -0.05) is 25.4 Å². The van der Waals surface area contributed by atoms with Gasteiger partial charge in [0, 0.05) is 31.7 Å².